The maximum Gasteiger partial charge on any atom is 0.258 e. The molecule has 2 aromatic rings. The van der Waals surface area contributed by atoms with E-state index in [-0.39, 0.29) is 18.6 Å². The number of carbonyl (C=O) groups is 1. The number of hydrogen-bond acceptors (Lipinski definition) is 4. The van der Waals surface area contributed by atoms with Crippen LogP contribution in [0.2, 0.25) is 0 Å². The Labute approximate surface area is 185 Å². The highest BCUT2D eigenvalue weighted by atomic mass is 32.2. The lowest BCUT2D eigenvalue weighted by Crippen LogP contribution is -2.47. The molecule has 2 aromatic carbocycles. The zero-order valence-electron chi connectivity index (χ0n) is 19.0. The second-order valence-electron chi connectivity index (χ2n) is 8.43. The molecule has 1 aliphatic heterocycles. The van der Waals surface area contributed by atoms with Gasteiger partial charge in [-0.3, -0.25) is 4.79 Å². The first-order valence-electron chi connectivity index (χ1n) is 10.7. The van der Waals surface area contributed by atoms with Crippen LogP contribution in [0.25, 0.3) is 0 Å². The summed E-state index contributed by atoms with van der Waals surface area (Å²) in [6.45, 7) is 10.6. The van der Waals surface area contributed by atoms with Gasteiger partial charge in [0.15, 0.2) is 6.61 Å². The van der Waals surface area contributed by atoms with Gasteiger partial charge in [-0.15, -0.1) is 0 Å². The van der Waals surface area contributed by atoms with Crippen molar-refractivity contribution in [3.05, 3.63) is 58.1 Å². The van der Waals surface area contributed by atoms with Gasteiger partial charge in [-0.25, -0.2) is 8.42 Å². The van der Waals surface area contributed by atoms with Crippen LogP contribution in [0.15, 0.2) is 35.2 Å². The van der Waals surface area contributed by atoms with Crippen LogP contribution in [-0.4, -0.2) is 44.4 Å². The van der Waals surface area contributed by atoms with Crippen molar-refractivity contribution in [1.29, 1.82) is 0 Å². The minimum Gasteiger partial charge on any atom is -0.483 e. The summed E-state index contributed by atoms with van der Waals surface area (Å²) in [7, 11) is -3.52. The summed E-state index contributed by atoms with van der Waals surface area (Å²) in [5.74, 6) is 0.570. The Kier molecular flexibility index (Phi) is 7.06. The average molecular weight is 445 g/mol. The summed E-state index contributed by atoms with van der Waals surface area (Å²) in [4.78, 5) is 12.7. The third-order valence-electron chi connectivity index (χ3n) is 6.16. The third-order valence-corrected chi connectivity index (χ3v) is 8.05. The summed E-state index contributed by atoms with van der Waals surface area (Å²) >= 11 is 0. The van der Waals surface area contributed by atoms with Gasteiger partial charge in [0.1, 0.15) is 5.75 Å². The van der Waals surface area contributed by atoms with E-state index >= 15 is 0 Å². The molecular formula is C24H32N2O4S. The average Bonchev–Trinajstić information content (AvgIpc) is 2.73. The Bertz CT molecular complexity index is 1070. The molecule has 0 radical (unpaired) electrons. The fraction of sp³-hybridized carbons (Fsp3) is 0.458. The molecule has 0 aromatic heterocycles. The zero-order chi connectivity index (χ0) is 22.8. The first kappa shape index (κ1) is 23.3. The summed E-state index contributed by atoms with van der Waals surface area (Å²) in [6, 6.07) is 9.20. The second kappa shape index (κ2) is 9.40. The first-order chi connectivity index (χ1) is 14.6. The van der Waals surface area contributed by atoms with Crippen LogP contribution in [0, 0.1) is 34.6 Å². The Hall–Kier alpha value is -2.38. The topological polar surface area (TPSA) is 75.7 Å². The van der Waals surface area contributed by atoms with E-state index in [2.05, 4.69) is 5.32 Å². The smallest absolute Gasteiger partial charge is 0.258 e. The van der Waals surface area contributed by atoms with Crippen LogP contribution in [-0.2, 0) is 14.8 Å². The summed E-state index contributed by atoms with van der Waals surface area (Å²) in [5, 5.41) is 2.99. The Balaban J connectivity index is 1.53. The quantitative estimate of drug-likeness (QED) is 0.739. The first-order valence-corrected chi connectivity index (χ1v) is 12.1. The van der Waals surface area contributed by atoms with E-state index in [1.807, 2.05) is 52.8 Å². The van der Waals surface area contributed by atoms with Crippen molar-refractivity contribution >= 4 is 15.9 Å². The van der Waals surface area contributed by atoms with E-state index < -0.39 is 10.0 Å². The van der Waals surface area contributed by atoms with Crippen molar-refractivity contribution in [2.45, 2.75) is 58.4 Å². The maximum absolute atomic E-state index is 12.9. The van der Waals surface area contributed by atoms with Gasteiger partial charge in [-0.2, -0.15) is 4.31 Å². The highest BCUT2D eigenvalue weighted by Gasteiger charge is 2.30. The van der Waals surface area contributed by atoms with Gasteiger partial charge in [-0.1, -0.05) is 18.2 Å². The molecule has 6 nitrogen and oxygen atoms in total. The number of carbonyl (C=O) groups excluding carboxylic acids is 1. The number of rotatable bonds is 6. The minimum absolute atomic E-state index is 0.0493. The Morgan fingerprint density at radius 1 is 0.968 bits per heavy atom. The molecule has 1 aliphatic rings. The van der Waals surface area contributed by atoms with Crippen LogP contribution in [0.1, 0.15) is 40.7 Å². The van der Waals surface area contributed by atoms with Crippen molar-refractivity contribution < 1.29 is 17.9 Å². The molecule has 168 valence electrons. The van der Waals surface area contributed by atoms with E-state index in [1.54, 1.807) is 12.1 Å². The number of benzene rings is 2. The monoisotopic (exact) mass is 444 g/mol. The molecule has 1 saturated heterocycles. The molecule has 3 rings (SSSR count). The van der Waals surface area contributed by atoms with Gasteiger partial charge >= 0.3 is 0 Å². The van der Waals surface area contributed by atoms with E-state index in [1.165, 1.54) is 4.31 Å². The molecule has 0 atom stereocenters. The highest BCUT2D eigenvalue weighted by Crippen LogP contribution is 2.26. The number of amides is 1. The van der Waals surface area contributed by atoms with Crippen LogP contribution >= 0.6 is 0 Å². The van der Waals surface area contributed by atoms with Crippen molar-refractivity contribution in [3.63, 3.8) is 0 Å². The van der Waals surface area contributed by atoms with Crippen molar-refractivity contribution in [1.82, 2.24) is 9.62 Å². The molecule has 1 heterocycles. The Morgan fingerprint density at radius 3 is 2.23 bits per heavy atom. The molecule has 0 saturated carbocycles. The molecule has 0 unspecified atom stereocenters. The van der Waals surface area contributed by atoms with Gasteiger partial charge in [0.25, 0.3) is 5.91 Å². The van der Waals surface area contributed by atoms with Crippen molar-refractivity contribution in [2.24, 2.45) is 0 Å². The molecule has 7 heteroatoms. The number of nitrogens with one attached hydrogen (secondary N) is 1. The number of ether oxygens (including phenoxy) is 1. The van der Waals surface area contributed by atoms with Crippen molar-refractivity contribution in [2.75, 3.05) is 19.7 Å². The third kappa shape index (κ3) is 5.28. The lowest BCUT2D eigenvalue weighted by molar-refractivity contribution is -0.124. The predicted molar refractivity (Wildman–Crippen MR) is 122 cm³/mol. The van der Waals surface area contributed by atoms with Gasteiger partial charge < -0.3 is 10.1 Å². The fourth-order valence-electron chi connectivity index (χ4n) is 3.82. The summed E-state index contributed by atoms with van der Waals surface area (Å²) in [6.07, 6.45) is 1.16. The van der Waals surface area contributed by atoms with E-state index in [4.69, 9.17) is 4.74 Å². The molecule has 1 amide bonds. The zero-order valence-corrected chi connectivity index (χ0v) is 19.8. The number of piperidine rings is 1. The lowest BCUT2D eigenvalue weighted by atomic mass is 10.1. The number of aryl methyl sites for hydroxylation is 4. The maximum atomic E-state index is 12.9. The van der Waals surface area contributed by atoms with Crippen LogP contribution in [0.5, 0.6) is 5.75 Å². The normalized spacial score (nSPS) is 15.6. The van der Waals surface area contributed by atoms with Gasteiger partial charge in [0.2, 0.25) is 10.0 Å². The van der Waals surface area contributed by atoms with Crippen molar-refractivity contribution in [3.8, 4) is 5.75 Å². The number of sulfonamides is 1. The lowest BCUT2D eigenvalue weighted by Gasteiger charge is -2.31. The van der Waals surface area contributed by atoms with Crippen LogP contribution in [0.4, 0.5) is 0 Å². The van der Waals surface area contributed by atoms with E-state index in [9.17, 15) is 13.2 Å². The van der Waals surface area contributed by atoms with Crippen LogP contribution < -0.4 is 10.1 Å². The molecule has 0 aliphatic carbocycles. The molecule has 0 bridgehead atoms. The minimum atomic E-state index is -3.52. The summed E-state index contributed by atoms with van der Waals surface area (Å²) in [5.41, 5.74) is 5.19. The molecule has 1 N–H and O–H groups in total. The number of hydrogen-bond donors (Lipinski definition) is 1. The second-order valence-corrected chi connectivity index (χ2v) is 10.4. The number of nitrogens with zero attached hydrogens (tertiary/aromatic N) is 1. The SMILES string of the molecule is Cc1ccc(S(=O)(=O)N2CCC(NC(=O)COc3c(C)ccc(C)c3C)CC2)cc1C. The summed E-state index contributed by atoms with van der Waals surface area (Å²) < 4.78 is 33.2. The standard InChI is InChI=1S/C24H32N2O4S/c1-16-8-9-22(14-19(16)4)31(28,29)26-12-10-21(11-13-26)25-23(27)15-30-24-18(3)7-6-17(2)20(24)5/h6-9,14,21H,10-13,15H2,1-5H3,(H,25,27). The molecule has 1 fully saturated rings. The fourth-order valence-corrected chi connectivity index (χ4v) is 5.37. The van der Waals surface area contributed by atoms with Gasteiger partial charge in [0.05, 0.1) is 4.90 Å². The molecular weight excluding hydrogens is 412 g/mol. The molecule has 0 spiro atoms. The predicted octanol–water partition coefficient (Wildman–Crippen LogP) is 3.58. The van der Waals surface area contributed by atoms with Crippen LogP contribution in [0.3, 0.4) is 0 Å². The van der Waals surface area contributed by atoms with Gasteiger partial charge in [0, 0.05) is 19.1 Å². The molecule has 31 heavy (non-hydrogen) atoms. The largest absolute Gasteiger partial charge is 0.483 e. The highest BCUT2D eigenvalue weighted by molar-refractivity contribution is 7.89. The Morgan fingerprint density at radius 2 is 1.58 bits per heavy atom. The van der Waals surface area contributed by atoms with E-state index in [0.717, 1.165) is 33.6 Å². The van der Waals surface area contributed by atoms with Gasteiger partial charge in [-0.05, 0) is 87.4 Å². The van der Waals surface area contributed by atoms with E-state index in [0.29, 0.717) is 30.8 Å².